The maximum atomic E-state index is 13.2. The summed E-state index contributed by atoms with van der Waals surface area (Å²) in [5.41, 5.74) is 2.04. The molecule has 0 fully saturated rings. The largest absolute Gasteiger partial charge is 0.497 e. The Kier molecular flexibility index (Phi) is 3.88. The third-order valence-electron chi connectivity index (χ3n) is 4.54. The molecule has 0 atom stereocenters. The van der Waals surface area contributed by atoms with E-state index in [9.17, 15) is 14.7 Å². The van der Waals surface area contributed by atoms with Gasteiger partial charge in [0.15, 0.2) is 5.65 Å². The van der Waals surface area contributed by atoms with Crippen LogP contribution in [-0.4, -0.2) is 37.9 Å². The molecule has 0 aliphatic carbocycles. The molecule has 4 aromatic rings. The summed E-state index contributed by atoms with van der Waals surface area (Å²) < 4.78 is 6.84. The standard InChI is InChI=1S/C19H16N4O4/c1-3-23-16-12(8-20-17-15(16)9-21-22-17)7-14(18(23)24)10-4-11(19(25)26)6-13(5-10)27-2/h4-9H,3H2,1-2H3,(H,25,26)(H,20,21,22). The van der Waals surface area contributed by atoms with Gasteiger partial charge >= 0.3 is 5.97 Å². The molecule has 0 aliphatic rings. The maximum absolute atomic E-state index is 13.2. The van der Waals surface area contributed by atoms with Crippen LogP contribution in [0.25, 0.3) is 33.1 Å². The average molecular weight is 364 g/mol. The number of aromatic carboxylic acids is 1. The molecule has 136 valence electrons. The van der Waals surface area contributed by atoms with Gasteiger partial charge in [0, 0.05) is 23.7 Å². The summed E-state index contributed by atoms with van der Waals surface area (Å²) in [6.07, 6.45) is 3.31. The summed E-state index contributed by atoms with van der Waals surface area (Å²) in [5.74, 6) is -0.718. The van der Waals surface area contributed by atoms with Gasteiger partial charge in [0.2, 0.25) is 0 Å². The Morgan fingerprint density at radius 2 is 2.07 bits per heavy atom. The monoisotopic (exact) mass is 364 g/mol. The van der Waals surface area contributed by atoms with Crippen molar-refractivity contribution in [2.75, 3.05) is 7.11 Å². The molecule has 4 rings (SSSR count). The summed E-state index contributed by atoms with van der Waals surface area (Å²) in [6, 6.07) is 6.27. The fourth-order valence-electron chi connectivity index (χ4n) is 3.28. The number of methoxy groups -OCH3 is 1. The van der Waals surface area contributed by atoms with Crippen molar-refractivity contribution in [3.05, 3.63) is 52.6 Å². The van der Waals surface area contributed by atoms with Gasteiger partial charge in [-0.1, -0.05) is 0 Å². The van der Waals surface area contributed by atoms with Crippen LogP contribution < -0.4 is 10.3 Å². The van der Waals surface area contributed by atoms with Crippen LogP contribution in [0.1, 0.15) is 17.3 Å². The van der Waals surface area contributed by atoms with Crippen molar-refractivity contribution >= 4 is 27.9 Å². The first-order valence-corrected chi connectivity index (χ1v) is 8.32. The molecule has 1 aromatic carbocycles. The Hall–Kier alpha value is -3.68. The number of aromatic nitrogens is 4. The highest BCUT2D eigenvalue weighted by molar-refractivity contribution is 6.03. The predicted octanol–water partition coefficient (Wildman–Crippen LogP) is 2.67. The van der Waals surface area contributed by atoms with E-state index in [1.165, 1.54) is 19.2 Å². The number of hydrogen-bond donors (Lipinski definition) is 2. The van der Waals surface area contributed by atoms with Crippen molar-refractivity contribution in [1.82, 2.24) is 19.7 Å². The molecule has 0 saturated heterocycles. The Bertz CT molecular complexity index is 1260. The number of carboxylic acids is 1. The summed E-state index contributed by atoms with van der Waals surface area (Å²) in [7, 11) is 1.45. The molecule has 3 heterocycles. The van der Waals surface area contributed by atoms with Gasteiger partial charge < -0.3 is 14.4 Å². The second-order valence-electron chi connectivity index (χ2n) is 6.06. The SMILES string of the molecule is CCn1c(=O)c(-c2cc(OC)cc(C(=O)O)c2)cc2cnc3[nH]ncc3c21. The first-order chi connectivity index (χ1) is 13.0. The van der Waals surface area contributed by atoms with Gasteiger partial charge in [-0.3, -0.25) is 9.89 Å². The predicted molar refractivity (Wildman–Crippen MR) is 100 cm³/mol. The van der Waals surface area contributed by atoms with E-state index >= 15 is 0 Å². The average Bonchev–Trinajstić information content (AvgIpc) is 3.16. The molecule has 0 bridgehead atoms. The normalized spacial score (nSPS) is 11.2. The Balaban J connectivity index is 2.08. The van der Waals surface area contributed by atoms with Crippen LogP contribution in [0.2, 0.25) is 0 Å². The van der Waals surface area contributed by atoms with E-state index in [1.54, 1.807) is 29.1 Å². The van der Waals surface area contributed by atoms with Gasteiger partial charge in [-0.15, -0.1) is 0 Å². The van der Waals surface area contributed by atoms with Crippen LogP contribution in [0.3, 0.4) is 0 Å². The first-order valence-electron chi connectivity index (χ1n) is 8.32. The quantitative estimate of drug-likeness (QED) is 0.576. The third kappa shape index (κ3) is 2.62. The number of carboxylic acid groups (broad SMARTS) is 1. The van der Waals surface area contributed by atoms with Crippen molar-refractivity contribution in [2.45, 2.75) is 13.5 Å². The summed E-state index contributed by atoms with van der Waals surface area (Å²) in [4.78, 5) is 29.0. The lowest BCUT2D eigenvalue weighted by atomic mass is 10.0. The van der Waals surface area contributed by atoms with Gasteiger partial charge in [0.1, 0.15) is 5.75 Å². The molecular formula is C19H16N4O4. The topological polar surface area (TPSA) is 110 Å². The minimum absolute atomic E-state index is 0.0512. The molecule has 0 amide bonds. The number of aromatic amines is 1. The van der Waals surface area contributed by atoms with E-state index in [0.29, 0.717) is 29.1 Å². The van der Waals surface area contributed by atoms with Crippen molar-refractivity contribution in [1.29, 1.82) is 0 Å². The minimum atomic E-state index is -1.09. The van der Waals surface area contributed by atoms with Crippen LogP contribution in [0.4, 0.5) is 0 Å². The van der Waals surface area contributed by atoms with E-state index < -0.39 is 5.97 Å². The van der Waals surface area contributed by atoms with Crippen molar-refractivity contribution in [3.63, 3.8) is 0 Å². The lowest BCUT2D eigenvalue weighted by molar-refractivity contribution is 0.0696. The van der Waals surface area contributed by atoms with Crippen LogP contribution >= 0.6 is 0 Å². The van der Waals surface area contributed by atoms with Gasteiger partial charge in [-0.2, -0.15) is 5.10 Å². The number of nitrogens with zero attached hydrogens (tertiary/aromatic N) is 3. The second-order valence-corrected chi connectivity index (χ2v) is 6.06. The van der Waals surface area contributed by atoms with E-state index in [2.05, 4.69) is 15.2 Å². The smallest absolute Gasteiger partial charge is 0.335 e. The van der Waals surface area contributed by atoms with E-state index in [-0.39, 0.29) is 11.1 Å². The highest BCUT2D eigenvalue weighted by Crippen LogP contribution is 2.28. The number of nitrogens with one attached hydrogen (secondary N) is 1. The molecule has 3 aromatic heterocycles. The number of H-pyrrole nitrogens is 1. The molecule has 0 spiro atoms. The zero-order valence-corrected chi connectivity index (χ0v) is 14.7. The molecule has 27 heavy (non-hydrogen) atoms. The first kappa shape index (κ1) is 16.8. The number of pyridine rings is 2. The molecule has 0 unspecified atom stereocenters. The molecule has 2 N–H and O–H groups in total. The molecule has 0 radical (unpaired) electrons. The minimum Gasteiger partial charge on any atom is -0.497 e. The van der Waals surface area contributed by atoms with Crippen LogP contribution in [0.15, 0.2) is 41.5 Å². The van der Waals surface area contributed by atoms with Crippen LogP contribution in [0.5, 0.6) is 5.75 Å². The number of aryl methyl sites for hydroxylation is 1. The molecule has 8 heteroatoms. The zero-order valence-electron chi connectivity index (χ0n) is 14.7. The third-order valence-corrected chi connectivity index (χ3v) is 4.54. The molecule has 0 saturated carbocycles. The highest BCUT2D eigenvalue weighted by Gasteiger charge is 2.16. The van der Waals surface area contributed by atoms with Gasteiger partial charge in [0.05, 0.1) is 29.8 Å². The summed E-state index contributed by atoms with van der Waals surface area (Å²) in [5, 5.41) is 17.7. The number of fused-ring (bicyclic) bond motifs is 3. The van der Waals surface area contributed by atoms with Crippen LogP contribution in [0, 0.1) is 0 Å². The van der Waals surface area contributed by atoms with E-state index in [4.69, 9.17) is 4.74 Å². The second kappa shape index (κ2) is 6.24. The summed E-state index contributed by atoms with van der Waals surface area (Å²) >= 11 is 0. The van der Waals surface area contributed by atoms with Crippen molar-refractivity contribution in [2.24, 2.45) is 0 Å². The Labute approximate surface area is 153 Å². The Morgan fingerprint density at radius 1 is 1.26 bits per heavy atom. The molecular weight excluding hydrogens is 348 g/mol. The van der Waals surface area contributed by atoms with Crippen molar-refractivity contribution in [3.8, 4) is 16.9 Å². The maximum Gasteiger partial charge on any atom is 0.335 e. The Morgan fingerprint density at radius 3 is 2.78 bits per heavy atom. The van der Waals surface area contributed by atoms with E-state index in [0.717, 1.165) is 16.3 Å². The van der Waals surface area contributed by atoms with Crippen LogP contribution in [-0.2, 0) is 6.54 Å². The number of benzene rings is 1. The molecule has 8 nitrogen and oxygen atoms in total. The molecule has 0 aliphatic heterocycles. The fourth-order valence-corrected chi connectivity index (χ4v) is 3.28. The number of ether oxygens (including phenoxy) is 1. The van der Waals surface area contributed by atoms with Gasteiger partial charge in [0.25, 0.3) is 5.56 Å². The van der Waals surface area contributed by atoms with Gasteiger partial charge in [-0.25, -0.2) is 9.78 Å². The number of carbonyl (C=O) groups is 1. The summed E-state index contributed by atoms with van der Waals surface area (Å²) in [6.45, 7) is 2.33. The van der Waals surface area contributed by atoms with Gasteiger partial charge in [-0.05, 0) is 36.8 Å². The lowest BCUT2D eigenvalue weighted by Gasteiger charge is -2.13. The zero-order chi connectivity index (χ0) is 19.1. The van der Waals surface area contributed by atoms with Crippen molar-refractivity contribution < 1.29 is 14.6 Å². The van der Waals surface area contributed by atoms with E-state index in [1.807, 2.05) is 6.92 Å². The highest BCUT2D eigenvalue weighted by atomic mass is 16.5. The number of rotatable bonds is 4. The lowest BCUT2D eigenvalue weighted by Crippen LogP contribution is -2.21. The fraction of sp³-hybridized carbons (Fsp3) is 0.158. The number of hydrogen-bond acceptors (Lipinski definition) is 5.